The van der Waals surface area contributed by atoms with E-state index in [-0.39, 0.29) is 11.5 Å². The number of piperazine rings is 1. The Kier molecular flexibility index (Phi) is 4.85. The average molecular weight is 339 g/mol. The Hall–Kier alpha value is -3.07. The van der Waals surface area contributed by atoms with Crippen LogP contribution in [0.4, 0.5) is 10.1 Å². The number of nitriles is 1. The summed E-state index contributed by atoms with van der Waals surface area (Å²) in [6.07, 6.45) is 0. The highest BCUT2D eigenvalue weighted by atomic mass is 19.1. The highest BCUT2D eigenvalue weighted by Gasteiger charge is 2.24. The second kappa shape index (κ2) is 7.22. The number of carbonyl (C=O) groups excluding carboxylic acids is 1. The maximum atomic E-state index is 13.8. The van der Waals surface area contributed by atoms with Gasteiger partial charge in [0, 0.05) is 31.7 Å². The highest BCUT2D eigenvalue weighted by molar-refractivity contribution is 5.94. The molecule has 1 aliphatic rings. The minimum Gasteiger partial charge on any atom is -0.497 e. The van der Waals surface area contributed by atoms with Gasteiger partial charge in [-0.2, -0.15) is 5.26 Å². The topological polar surface area (TPSA) is 56.6 Å². The summed E-state index contributed by atoms with van der Waals surface area (Å²) in [6, 6.07) is 13.6. The molecule has 0 aliphatic carbocycles. The first-order valence-electron chi connectivity index (χ1n) is 8.01. The first-order valence-corrected chi connectivity index (χ1v) is 8.01. The van der Waals surface area contributed by atoms with Gasteiger partial charge >= 0.3 is 0 Å². The molecule has 3 rings (SSSR count). The molecule has 5 nitrogen and oxygen atoms in total. The largest absolute Gasteiger partial charge is 0.497 e. The summed E-state index contributed by atoms with van der Waals surface area (Å²) in [7, 11) is 1.56. The zero-order valence-electron chi connectivity index (χ0n) is 13.9. The molecule has 128 valence electrons. The second-order valence-corrected chi connectivity index (χ2v) is 5.76. The van der Waals surface area contributed by atoms with E-state index < -0.39 is 5.82 Å². The first kappa shape index (κ1) is 16.8. The maximum absolute atomic E-state index is 13.8. The zero-order chi connectivity index (χ0) is 17.8. The number of halogens is 1. The quantitative estimate of drug-likeness (QED) is 0.863. The third-order valence-electron chi connectivity index (χ3n) is 4.33. The van der Waals surface area contributed by atoms with E-state index in [9.17, 15) is 14.4 Å². The van der Waals surface area contributed by atoms with Crippen molar-refractivity contribution in [3.05, 3.63) is 59.4 Å². The van der Waals surface area contributed by atoms with Crippen molar-refractivity contribution in [3.63, 3.8) is 0 Å². The second-order valence-electron chi connectivity index (χ2n) is 5.76. The van der Waals surface area contributed by atoms with Crippen molar-refractivity contribution in [2.45, 2.75) is 0 Å². The molecule has 1 amide bonds. The fourth-order valence-electron chi connectivity index (χ4n) is 2.98. The van der Waals surface area contributed by atoms with Gasteiger partial charge in [-0.1, -0.05) is 12.1 Å². The average Bonchev–Trinajstić information content (AvgIpc) is 2.67. The summed E-state index contributed by atoms with van der Waals surface area (Å²) in [5, 5.41) is 9.18. The molecule has 0 radical (unpaired) electrons. The summed E-state index contributed by atoms with van der Waals surface area (Å²) in [5.74, 6) is 0.0658. The van der Waals surface area contributed by atoms with Gasteiger partial charge in [0.15, 0.2) is 0 Å². The third-order valence-corrected chi connectivity index (χ3v) is 4.33. The summed E-state index contributed by atoms with van der Waals surface area (Å²) in [5.41, 5.74) is 1.21. The molecule has 0 bridgehead atoms. The van der Waals surface area contributed by atoms with Crippen molar-refractivity contribution in [2.75, 3.05) is 38.2 Å². The van der Waals surface area contributed by atoms with Gasteiger partial charge in [0.05, 0.1) is 12.8 Å². The Bertz CT molecular complexity index is 824. The van der Waals surface area contributed by atoms with E-state index in [1.165, 1.54) is 6.07 Å². The normalized spacial score (nSPS) is 14.1. The Morgan fingerprint density at radius 2 is 1.88 bits per heavy atom. The smallest absolute Gasteiger partial charge is 0.254 e. The van der Waals surface area contributed by atoms with Crippen LogP contribution in [0.1, 0.15) is 15.9 Å². The Labute approximate surface area is 145 Å². The molecule has 0 spiro atoms. The molecule has 1 fully saturated rings. The van der Waals surface area contributed by atoms with Crippen LogP contribution in [0.3, 0.4) is 0 Å². The Morgan fingerprint density at radius 3 is 2.56 bits per heavy atom. The van der Waals surface area contributed by atoms with Gasteiger partial charge in [-0.3, -0.25) is 4.79 Å². The van der Waals surface area contributed by atoms with Gasteiger partial charge < -0.3 is 14.5 Å². The van der Waals surface area contributed by atoms with Gasteiger partial charge in [0.2, 0.25) is 0 Å². The molecule has 0 N–H and O–H groups in total. The van der Waals surface area contributed by atoms with E-state index in [0.717, 1.165) is 0 Å². The first-order chi connectivity index (χ1) is 12.1. The van der Waals surface area contributed by atoms with E-state index in [1.807, 2.05) is 11.0 Å². The molecule has 1 aliphatic heterocycles. The van der Waals surface area contributed by atoms with Crippen LogP contribution in [0.5, 0.6) is 5.75 Å². The van der Waals surface area contributed by atoms with Crippen molar-refractivity contribution in [2.24, 2.45) is 0 Å². The number of hydrogen-bond acceptors (Lipinski definition) is 4. The molecule has 6 heteroatoms. The number of amides is 1. The molecule has 0 atom stereocenters. The highest BCUT2D eigenvalue weighted by Crippen LogP contribution is 2.24. The number of hydrogen-bond donors (Lipinski definition) is 0. The minimum atomic E-state index is -0.519. The molecule has 1 saturated heterocycles. The molecular weight excluding hydrogens is 321 g/mol. The molecule has 25 heavy (non-hydrogen) atoms. The number of anilines is 1. The lowest BCUT2D eigenvalue weighted by molar-refractivity contribution is 0.0746. The monoisotopic (exact) mass is 339 g/mol. The summed E-state index contributed by atoms with van der Waals surface area (Å²) >= 11 is 0. The zero-order valence-corrected chi connectivity index (χ0v) is 13.9. The van der Waals surface area contributed by atoms with Crippen LogP contribution in [0.2, 0.25) is 0 Å². The molecule has 2 aromatic carbocycles. The molecule has 0 aromatic heterocycles. The SMILES string of the molecule is COc1cccc(C(=O)N2CCN(c3cccc(F)c3C#N)CC2)c1. The van der Waals surface area contributed by atoms with Crippen molar-refractivity contribution < 1.29 is 13.9 Å². The summed E-state index contributed by atoms with van der Waals surface area (Å²) < 4.78 is 18.9. The van der Waals surface area contributed by atoms with E-state index in [4.69, 9.17) is 4.74 Å². The summed E-state index contributed by atoms with van der Waals surface area (Å²) in [4.78, 5) is 16.3. The Morgan fingerprint density at radius 1 is 1.16 bits per heavy atom. The van der Waals surface area contributed by atoms with Crippen molar-refractivity contribution in [1.29, 1.82) is 5.26 Å². The molecule has 2 aromatic rings. The van der Waals surface area contributed by atoms with E-state index in [1.54, 1.807) is 48.4 Å². The number of nitrogens with zero attached hydrogens (tertiary/aromatic N) is 3. The lowest BCUT2D eigenvalue weighted by Crippen LogP contribution is -2.49. The van der Waals surface area contributed by atoms with Crippen LogP contribution in [0.25, 0.3) is 0 Å². The van der Waals surface area contributed by atoms with Crippen molar-refractivity contribution >= 4 is 11.6 Å². The van der Waals surface area contributed by atoms with Crippen LogP contribution in [0.15, 0.2) is 42.5 Å². The fraction of sp³-hybridized carbons (Fsp3) is 0.263. The standard InChI is InChI=1S/C19H18FN3O2/c1-25-15-5-2-4-14(12-15)19(24)23-10-8-22(9-11-23)18-7-3-6-17(20)16(18)13-21/h2-7,12H,8-11H2,1H3. The van der Waals surface area contributed by atoms with E-state index in [2.05, 4.69) is 0 Å². The van der Waals surface area contributed by atoms with Gasteiger partial charge in [0.25, 0.3) is 5.91 Å². The number of carbonyl (C=O) groups is 1. The number of rotatable bonds is 3. The van der Waals surface area contributed by atoms with E-state index >= 15 is 0 Å². The van der Waals surface area contributed by atoms with Crippen molar-refractivity contribution in [1.82, 2.24) is 4.90 Å². The number of methoxy groups -OCH3 is 1. The van der Waals surface area contributed by atoms with Gasteiger partial charge in [0.1, 0.15) is 23.2 Å². The van der Waals surface area contributed by atoms with Gasteiger partial charge in [-0.15, -0.1) is 0 Å². The fourth-order valence-corrected chi connectivity index (χ4v) is 2.98. The lowest BCUT2D eigenvalue weighted by atomic mass is 10.1. The van der Waals surface area contributed by atoms with Crippen LogP contribution in [-0.4, -0.2) is 44.1 Å². The summed E-state index contributed by atoms with van der Waals surface area (Å²) in [6.45, 7) is 2.12. The molecule has 0 unspecified atom stereocenters. The number of benzene rings is 2. The molecule has 0 saturated carbocycles. The van der Waals surface area contributed by atoms with Crippen LogP contribution >= 0.6 is 0 Å². The van der Waals surface area contributed by atoms with Crippen LogP contribution in [-0.2, 0) is 0 Å². The van der Waals surface area contributed by atoms with Gasteiger partial charge in [-0.25, -0.2) is 4.39 Å². The predicted molar refractivity (Wildman–Crippen MR) is 92.2 cm³/mol. The number of ether oxygens (including phenoxy) is 1. The van der Waals surface area contributed by atoms with Crippen molar-refractivity contribution in [3.8, 4) is 11.8 Å². The third kappa shape index (κ3) is 3.41. The minimum absolute atomic E-state index is 0.0510. The lowest BCUT2D eigenvalue weighted by Gasteiger charge is -2.36. The van der Waals surface area contributed by atoms with E-state index in [0.29, 0.717) is 43.2 Å². The molecular formula is C19H18FN3O2. The van der Waals surface area contributed by atoms with Crippen LogP contribution < -0.4 is 9.64 Å². The molecule has 1 heterocycles. The van der Waals surface area contributed by atoms with Gasteiger partial charge in [-0.05, 0) is 30.3 Å². The van der Waals surface area contributed by atoms with Crippen LogP contribution in [0, 0.1) is 17.1 Å². The maximum Gasteiger partial charge on any atom is 0.254 e. The predicted octanol–water partition coefficient (Wildman–Crippen LogP) is 2.67. The Balaban J connectivity index is 1.71.